The smallest absolute Gasteiger partial charge is 0.244 e. The molecule has 40 heavy (non-hydrogen) atoms. The predicted molar refractivity (Wildman–Crippen MR) is 159 cm³/mol. The third-order valence-electron chi connectivity index (χ3n) is 5.97. The van der Waals surface area contributed by atoms with Crippen molar-refractivity contribution in [2.45, 2.75) is 33.4 Å². The molecule has 1 atom stereocenters. The van der Waals surface area contributed by atoms with Crippen LogP contribution in [0.5, 0.6) is 11.5 Å². The average Bonchev–Trinajstić information content (AvgIpc) is 2.91. The van der Waals surface area contributed by atoms with Crippen molar-refractivity contribution in [1.29, 1.82) is 0 Å². The van der Waals surface area contributed by atoms with E-state index in [1.165, 1.54) is 4.90 Å². The van der Waals surface area contributed by atoms with Crippen molar-refractivity contribution >= 4 is 50.7 Å². The lowest BCUT2D eigenvalue weighted by atomic mass is 10.1. The molecule has 0 spiro atoms. The molecule has 3 rings (SSSR count). The summed E-state index contributed by atoms with van der Waals surface area (Å²) >= 11 is 12.2. The van der Waals surface area contributed by atoms with E-state index in [1.54, 1.807) is 61.5 Å². The average molecular weight is 607 g/mol. The molecule has 0 saturated heterocycles. The summed E-state index contributed by atoms with van der Waals surface area (Å²) in [5.74, 6) is 0.438. The zero-order chi connectivity index (χ0) is 29.4. The summed E-state index contributed by atoms with van der Waals surface area (Å²) in [6.45, 7) is 5.47. The van der Waals surface area contributed by atoms with Gasteiger partial charge in [-0.25, -0.2) is 8.42 Å². The number of nitrogens with zero attached hydrogens (tertiary/aromatic N) is 2. The van der Waals surface area contributed by atoms with Crippen molar-refractivity contribution in [3.05, 3.63) is 88.4 Å². The molecule has 0 radical (unpaired) electrons. The van der Waals surface area contributed by atoms with Crippen molar-refractivity contribution in [3.8, 4) is 11.5 Å². The van der Waals surface area contributed by atoms with Crippen LogP contribution in [-0.2, 0) is 26.2 Å². The van der Waals surface area contributed by atoms with Crippen LogP contribution in [0.1, 0.15) is 26.3 Å². The summed E-state index contributed by atoms with van der Waals surface area (Å²) < 4.78 is 32.4. The zero-order valence-electron chi connectivity index (χ0n) is 22.8. The number of sulfonamides is 1. The quantitative estimate of drug-likeness (QED) is 0.284. The second-order valence-corrected chi connectivity index (χ2v) is 12.5. The van der Waals surface area contributed by atoms with Crippen LogP contribution >= 0.6 is 23.2 Å². The Morgan fingerprint density at radius 1 is 0.900 bits per heavy atom. The highest BCUT2D eigenvalue weighted by Crippen LogP contribution is 2.27. The highest BCUT2D eigenvalue weighted by Gasteiger charge is 2.30. The lowest BCUT2D eigenvalue weighted by Gasteiger charge is -2.31. The molecule has 0 bridgehead atoms. The molecular weight excluding hydrogens is 573 g/mol. The minimum Gasteiger partial charge on any atom is -0.457 e. The van der Waals surface area contributed by atoms with Crippen LogP contribution in [0.3, 0.4) is 0 Å². The lowest BCUT2D eigenvalue weighted by Crippen LogP contribution is -2.51. The maximum absolute atomic E-state index is 13.7. The second kappa shape index (κ2) is 13.9. The third-order valence-corrected chi connectivity index (χ3v) is 7.85. The molecule has 2 amide bonds. The van der Waals surface area contributed by atoms with E-state index in [-0.39, 0.29) is 24.1 Å². The highest BCUT2D eigenvalue weighted by molar-refractivity contribution is 7.92. The number of anilines is 1. The number of carbonyl (C=O) groups excluding carboxylic acids is 2. The van der Waals surface area contributed by atoms with Crippen LogP contribution in [0.15, 0.2) is 72.8 Å². The van der Waals surface area contributed by atoms with Gasteiger partial charge in [-0.3, -0.25) is 13.9 Å². The molecule has 8 nitrogen and oxygen atoms in total. The van der Waals surface area contributed by atoms with Gasteiger partial charge in [-0.15, -0.1) is 0 Å². The molecule has 0 aliphatic heterocycles. The Kier molecular flexibility index (Phi) is 10.8. The largest absolute Gasteiger partial charge is 0.457 e. The summed E-state index contributed by atoms with van der Waals surface area (Å²) in [6, 6.07) is 19.6. The molecule has 0 aromatic heterocycles. The summed E-state index contributed by atoms with van der Waals surface area (Å²) in [5.41, 5.74) is 0.919. The van der Waals surface area contributed by atoms with Gasteiger partial charge in [0.05, 0.1) is 22.0 Å². The van der Waals surface area contributed by atoms with Gasteiger partial charge in [0.25, 0.3) is 0 Å². The molecular formula is C29H33Cl2N3O5S. The minimum absolute atomic E-state index is 0.0213. The van der Waals surface area contributed by atoms with E-state index in [1.807, 2.05) is 32.0 Å². The Hall–Kier alpha value is -3.27. The molecule has 3 aromatic rings. The topological polar surface area (TPSA) is 96.0 Å². The first-order chi connectivity index (χ1) is 18.8. The van der Waals surface area contributed by atoms with Gasteiger partial charge in [-0.2, -0.15) is 0 Å². The zero-order valence-corrected chi connectivity index (χ0v) is 25.1. The first-order valence-electron chi connectivity index (χ1n) is 12.7. The molecule has 0 saturated carbocycles. The first kappa shape index (κ1) is 31.3. The summed E-state index contributed by atoms with van der Waals surface area (Å²) in [7, 11) is -3.86. The fraction of sp³-hybridized carbons (Fsp3) is 0.310. The number of halogens is 2. The molecule has 0 aliphatic rings. The normalized spacial score (nSPS) is 12.1. The van der Waals surface area contributed by atoms with Crippen molar-refractivity contribution in [3.63, 3.8) is 0 Å². The van der Waals surface area contributed by atoms with Gasteiger partial charge in [0, 0.05) is 13.1 Å². The summed E-state index contributed by atoms with van der Waals surface area (Å²) in [6.07, 6.45) is 1.02. The van der Waals surface area contributed by atoms with E-state index < -0.39 is 28.5 Å². The van der Waals surface area contributed by atoms with Gasteiger partial charge >= 0.3 is 0 Å². The number of nitrogens with one attached hydrogen (secondary N) is 1. The number of rotatable bonds is 12. The van der Waals surface area contributed by atoms with E-state index >= 15 is 0 Å². The molecule has 214 valence electrons. The Morgan fingerprint density at radius 2 is 1.52 bits per heavy atom. The number of benzene rings is 3. The van der Waals surface area contributed by atoms with E-state index in [0.29, 0.717) is 33.7 Å². The maximum atomic E-state index is 13.7. The molecule has 11 heteroatoms. The molecule has 3 aromatic carbocycles. The number of hydrogen-bond acceptors (Lipinski definition) is 5. The number of amides is 2. The Balaban J connectivity index is 1.87. The molecule has 0 fully saturated rings. The van der Waals surface area contributed by atoms with Crippen molar-refractivity contribution in [2.24, 2.45) is 5.92 Å². The van der Waals surface area contributed by atoms with Gasteiger partial charge in [-0.05, 0) is 66.9 Å². The fourth-order valence-corrected chi connectivity index (χ4v) is 4.96. The van der Waals surface area contributed by atoms with Crippen molar-refractivity contribution < 1.29 is 22.7 Å². The number of para-hydroxylation sites is 1. The monoisotopic (exact) mass is 605 g/mol. The third kappa shape index (κ3) is 8.87. The van der Waals surface area contributed by atoms with Gasteiger partial charge in [0.1, 0.15) is 24.1 Å². The predicted octanol–water partition coefficient (Wildman–Crippen LogP) is 5.74. The van der Waals surface area contributed by atoms with E-state index in [4.69, 9.17) is 27.9 Å². The molecule has 0 unspecified atom stereocenters. The van der Waals surface area contributed by atoms with Gasteiger partial charge in [-0.1, -0.05) is 61.3 Å². The Morgan fingerprint density at radius 3 is 2.10 bits per heavy atom. The number of hydrogen-bond donors (Lipinski definition) is 1. The van der Waals surface area contributed by atoms with Crippen LogP contribution in [0, 0.1) is 5.92 Å². The van der Waals surface area contributed by atoms with Crippen molar-refractivity contribution in [2.75, 3.05) is 23.7 Å². The van der Waals surface area contributed by atoms with Crippen LogP contribution in [0.2, 0.25) is 10.0 Å². The lowest BCUT2D eigenvalue weighted by molar-refractivity contribution is -0.139. The molecule has 0 aliphatic carbocycles. The highest BCUT2D eigenvalue weighted by atomic mass is 35.5. The van der Waals surface area contributed by atoms with Crippen LogP contribution in [0.4, 0.5) is 5.69 Å². The second-order valence-electron chi connectivity index (χ2n) is 9.76. The molecule has 1 N–H and O–H groups in total. The van der Waals surface area contributed by atoms with Crippen LogP contribution in [0.25, 0.3) is 0 Å². The van der Waals surface area contributed by atoms with E-state index in [0.717, 1.165) is 10.6 Å². The Labute approximate surface area is 245 Å². The SMILES string of the molecule is CC(C)CNC(=O)[C@H](C)N(Cc1ccc(Cl)c(Cl)c1)C(=O)CN(c1ccc(Oc2ccccc2)cc1)S(C)(=O)=O. The number of carbonyl (C=O) groups is 2. The fourth-order valence-electron chi connectivity index (χ4n) is 3.79. The minimum atomic E-state index is -3.86. The molecule has 0 heterocycles. The van der Waals surface area contributed by atoms with Gasteiger partial charge in [0.15, 0.2) is 0 Å². The van der Waals surface area contributed by atoms with Gasteiger partial charge < -0.3 is 15.0 Å². The number of ether oxygens (including phenoxy) is 1. The summed E-state index contributed by atoms with van der Waals surface area (Å²) in [4.78, 5) is 28.0. The van der Waals surface area contributed by atoms with Gasteiger partial charge in [0.2, 0.25) is 21.8 Å². The summed E-state index contributed by atoms with van der Waals surface area (Å²) in [5, 5.41) is 3.50. The van der Waals surface area contributed by atoms with Crippen LogP contribution in [-0.4, -0.2) is 50.5 Å². The van der Waals surface area contributed by atoms with E-state index in [2.05, 4.69) is 5.32 Å². The van der Waals surface area contributed by atoms with Crippen molar-refractivity contribution in [1.82, 2.24) is 10.2 Å². The maximum Gasteiger partial charge on any atom is 0.244 e. The standard InChI is InChI=1S/C29H33Cl2N3O5S/c1-20(2)17-32-29(36)21(3)33(18-22-10-15-26(30)27(31)16-22)28(35)19-34(40(4,37)38)23-11-13-25(14-12-23)39-24-8-6-5-7-9-24/h5-16,20-21H,17-19H2,1-4H3,(H,32,36)/t21-/m0/s1. The first-order valence-corrected chi connectivity index (χ1v) is 15.3. The van der Waals surface area contributed by atoms with E-state index in [9.17, 15) is 18.0 Å². The Bertz CT molecular complexity index is 1420. The van der Waals surface area contributed by atoms with Crippen LogP contribution < -0.4 is 14.4 Å².